The normalized spacial score (nSPS) is 11.3. The molecule has 1 unspecified atom stereocenters. The van der Waals surface area contributed by atoms with E-state index in [0.717, 1.165) is 10.5 Å². The van der Waals surface area contributed by atoms with Crippen molar-refractivity contribution in [2.45, 2.75) is 10.1 Å². The van der Waals surface area contributed by atoms with Crippen LogP contribution in [0.5, 0.6) is 5.75 Å². The standard InChI is InChI=1S/C27H22ClN3O3S/c28-20-14-15-24(29-17-20)31-27(33)26(19-8-3-1-4-9-19)35-23-13-7-10-21(16-23)30-25(32)18-34-22-11-5-2-6-12-22/h1-17,26H,18H2,(H,30,32)(H,29,31,33). The number of nitrogens with one attached hydrogen (secondary N) is 2. The molecule has 35 heavy (non-hydrogen) atoms. The molecule has 176 valence electrons. The summed E-state index contributed by atoms with van der Waals surface area (Å²) in [6.45, 7) is -0.107. The molecule has 0 aliphatic heterocycles. The van der Waals surface area contributed by atoms with Crippen LogP contribution < -0.4 is 15.4 Å². The first-order valence-corrected chi connectivity index (χ1v) is 12.0. The summed E-state index contributed by atoms with van der Waals surface area (Å²) in [7, 11) is 0. The van der Waals surface area contributed by atoms with Crippen LogP contribution in [0.3, 0.4) is 0 Å². The summed E-state index contributed by atoms with van der Waals surface area (Å²) in [5, 5.41) is 5.64. The maximum absolute atomic E-state index is 13.2. The molecule has 0 aliphatic carbocycles. The van der Waals surface area contributed by atoms with Crippen molar-refractivity contribution in [3.63, 3.8) is 0 Å². The molecule has 0 spiro atoms. The first kappa shape index (κ1) is 24.3. The number of rotatable bonds is 9. The van der Waals surface area contributed by atoms with Crippen LogP contribution in [0, 0.1) is 0 Å². The fraction of sp³-hybridized carbons (Fsp3) is 0.0741. The minimum Gasteiger partial charge on any atom is -0.484 e. The first-order chi connectivity index (χ1) is 17.1. The maximum Gasteiger partial charge on any atom is 0.262 e. The van der Waals surface area contributed by atoms with Crippen molar-refractivity contribution in [3.8, 4) is 5.75 Å². The highest BCUT2D eigenvalue weighted by Crippen LogP contribution is 2.37. The van der Waals surface area contributed by atoms with Gasteiger partial charge in [-0.15, -0.1) is 11.8 Å². The van der Waals surface area contributed by atoms with E-state index in [9.17, 15) is 9.59 Å². The number of para-hydroxylation sites is 1. The first-order valence-electron chi connectivity index (χ1n) is 10.8. The number of aromatic nitrogens is 1. The van der Waals surface area contributed by atoms with Gasteiger partial charge in [-0.3, -0.25) is 9.59 Å². The van der Waals surface area contributed by atoms with Crippen molar-refractivity contribution in [2.24, 2.45) is 0 Å². The summed E-state index contributed by atoms with van der Waals surface area (Å²) in [5.41, 5.74) is 1.46. The molecule has 0 saturated carbocycles. The van der Waals surface area contributed by atoms with Crippen molar-refractivity contribution < 1.29 is 14.3 Å². The quantitative estimate of drug-likeness (QED) is 0.265. The van der Waals surface area contributed by atoms with Crippen LogP contribution in [-0.4, -0.2) is 23.4 Å². The fourth-order valence-electron chi connectivity index (χ4n) is 3.19. The summed E-state index contributed by atoms with van der Waals surface area (Å²) in [5.74, 6) is 0.545. The lowest BCUT2D eigenvalue weighted by Crippen LogP contribution is -2.20. The zero-order chi connectivity index (χ0) is 24.5. The number of hydrogen-bond acceptors (Lipinski definition) is 5. The molecular formula is C27H22ClN3O3S. The third kappa shape index (κ3) is 7.34. The zero-order valence-electron chi connectivity index (χ0n) is 18.6. The van der Waals surface area contributed by atoms with Crippen LogP contribution in [0.4, 0.5) is 11.5 Å². The molecule has 0 saturated heterocycles. The Hall–Kier alpha value is -3.81. The second-order valence-electron chi connectivity index (χ2n) is 7.44. The Morgan fingerprint density at radius 1 is 0.886 bits per heavy atom. The highest BCUT2D eigenvalue weighted by molar-refractivity contribution is 8.00. The molecule has 3 aromatic carbocycles. The van der Waals surface area contributed by atoms with Gasteiger partial charge in [-0.1, -0.05) is 66.2 Å². The minimum absolute atomic E-state index is 0.107. The molecule has 1 heterocycles. The van der Waals surface area contributed by atoms with Crippen molar-refractivity contribution in [2.75, 3.05) is 17.2 Å². The Balaban J connectivity index is 1.45. The van der Waals surface area contributed by atoms with Gasteiger partial charge in [0.05, 0.1) is 5.02 Å². The van der Waals surface area contributed by atoms with Gasteiger partial charge in [-0.25, -0.2) is 4.98 Å². The summed E-state index contributed by atoms with van der Waals surface area (Å²) in [6.07, 6.45) is 1.48. The van der Waals surface area contributed by atoms with Crippen molar-refractivity contribution in [3.05, 3.63) is 114 Å². The minimum atomic E-state index is -0.541. The lowest BCUT2D eigenvalue weighted by molar-refractivity contribution is -0.118. The maximum atomic E-state index is 13.2. The van der Waals surface area contributed by atoms with Crippen LogP contribution in [0.1, 0.15) is 10.8 Å². The molecule has 0 fully saturated rings. The molecule has 0 bridgehead atoms. The summed E-state index contributed by atoms with van der Waals surface area (Å²) in [4.78, 5) is 30.5. The number of benzene rings is 3. The van der Waals surface area contributed by atoms with Crippen LogP contribution >= 0.6 is 23.4 Å². The third-order valence-electron chi connectivity index (χ3n) is 4.80. The smallest absolute Gasteiger partial charge is 0.262 e. The van der Waals surface area contributed by atoms with Gasteiger partial charge in [0.15, 0.2) is 6.61 Å². The number of thioether (sulfide) groups is 1. The Labute approximate surface area is 212 Å². The van der Waals surface area contributed by atoms with Crippen LogP contribution in [0.15, 0.2) is 108 Å². The van der Waals surface area contributed by atoms with E-state index in [-0.39, 0.29) is 18.4 Å². The molecule has 2 amide bonds. The summed E-state index contributed by atoms with van der Waals surface area (Å²) in [6, 6.07) is 29.3. The van der Waals surface area contributed by atoms with E-state index in [0.29, 0.717) is 22.3 Å². The van der Waals surface area contributed by atoms with E-state index in [4.69, 9.17) is 16.3 Å². The van der Waals surface area contributed by atoms with Gasteiger partial charge < -0.3 is 15.4 Å². The Kier molecular flexibility index (Phi) is 8.38. The average molecular weight is 504 g/mol. The Morgan fingerprint density at radius 3 is 2.34 bits per heavy atom. The molecule has 4 aromatic rings. The molecule has 8 heteroatoms. The van der Waals surface area contributed by atoms with Crippen LogP contribution in [0.2, 0.25) is 5.02 Å². The highest BCUT2D eigenvalue weighted by atomic mass is 35.5. The highest BCUT2D eigenvalue weighted by Gasteiger charge is 2.23. The lowest BCUT2D eigenvalue weighted by Gasteiger charge is -2.17. The number of ether oxygens (including phenoxy) is 1. The second-order valence-corrected chi connectivity index (χ2v) is 9.05. The van der Waals surface area contributed by atoms with E-state index in [1.807, 2.05) is 66.7 Å². The molecule has 6 nitrogen and oxygen atoms in total. The van der Waals surface area contributed by atoms with E-state index in [1.54, 1.807) is 30.3 Å². The van der Waals surface area contributed by atoms with Crippen molar-refractivity contribution in [1.82, 2.24) is 4.98 Å². The zero-order valence-corrected chi connectivity index (χ0v) is 20.1. The second kappa shape index (κ2) is 12.1. The number of carbonyl (C=O) groups is 2. The average Bonchev–Trinajstić information content (AvgIpc) is 2.89. The molecular weight excluding hydrogens is 482 g/mol. The Bertz CT molecular complexity index is 1270. The SMILES string of the molecule is O=C(COc1ccccc1)Nc1cccc(SC(C(=O)Nc2ccc(Cl)cn2)c2ccccc2)c1. The fourth-order valence-corrected chi connectivity index (χ4v) is 4.38. The Morgan fingerprint density at radius 2 is 1.63 bits per heavy atom. The van der Waals surface area contributed by atoms with E-state index < -0.39 is 5.25 Å². The number of halogens is 1. The molecule has 4 rings (SSSR count). The number of amides is 2. The largest absolute Gasteiger partial charge is 0.484 e. The van der Waals surface area contributed by atoms with Crippen LogP contribution in [0.25, 0.3) is 0 Å². The molecule has 0 radical (unpaired) electrons. The van der Waals surface area contributed by atoms with Gasteiger partial charge in [-0.05, 0) is 48.0 Å². The third-order valence-corrected chi connectivity index (χ3v) is 6.28. The van der Waals surface area contributed by atoms with Gasteiger partial charge in [0.2, 0.25) is 5.91 Å². The van der Waals surface area contributed by atoms with Gasteiger partial charge in [0.1, 0.15) is 16.8 Å². The number of anilines is 2. The van der Waals surface area contributed by atoms with Gasteiger partial charge in [0, 0.05) is 16.8 Å². The van der Waals surface area contributed by atoms with Gasteiger partial charge in [0.25, 0.3) is 5.91 Å². The lowest BCUT2D eigenvalue weighted by atomic mass is 10.1. The van der Waals surface area contributed by atoms with E-state index in [1.165, 1.54) is 18.0 Å². The summed E-state index contributed by atoms with van der Waals surface area (Å²) >= 11 is 7.27. The number of carbonyl (C=O) groups excluding carboxylic acids is 2. The molecule has 0 aliphatic rings. The topological polar surface area (TPSA) is 80.3 Å². The van der Waals surface area contributed by atoms with E-state index >= 15 is 0 Å². The molecule has 1 atom stereocenters. The predicted molar refractivity (Wildman–Crippen MR) is 140 cm³/mol. The van der Waals surface area contributed by atoms with Gasteiger partial charge >= 0.3 is 0 Å². The van der Waals surface area contributed by atoms with Gasteiger partial charge in [-0.2, -0.15) is 0 Å². The number of pyridine rings is 1. The predicted octanol–water partition coefficient (Wildman–Crippen LogP) is 6.22. The van der Waals surface area contributed by atoms with Crippen molar-refractivity contribution in [1.29, 1.82) is 0 Å². The van der Waals surface area contributed by atoms with Crippen molar-refractivity contribution >= 4 is 46.7 Å². The van der Waals surface area contributed by atoms with Crippen LogP contribution in [-0.2, 0) is 9.59 Å². The number of hydrogen-bond donors (Lipinski definition) is 2. The number of nitrogens with zero attached hydrogens (tertiary/aromatic N) is 1. The molecule has 2 N–H and O–H groups in total. The summed E-state index contributed by atoms with van der Waals surface area (Å²) < 4.78 is 5.50. The monoisotopic (exact) mass is 503 g/mol. The van der Waals surface area contributed by atoms with E-state index in [2.05, 4.69) is 15.6 Å². The molecule has 1 aromatic heterocycles.